The van der Waals surface area contributed by atoms with Gasteiger partial charge in [-0.2, -0.15) is 0 Å². The maximum Gasteiger partial charge on any atom is 0.337 e. The van der Waals surface area contributed by atoms with E-state index in [1.54, 1.807) is 12.1 Å². The van der Waals surface area contributed by atoms with E-state index in [0.717, 1.165) is 16.8 Å². The summed E-state index contributed by atoms with van der Waals surface area (Å²) in [5, 5.41) is 11.0. The van der Waals surface area contributed by atoms with E-state index in [4.69, 9.17) is 20.6 Å². The number of benzene rings is 2. The maximum absolute atomic E-state index is 11.5. The summed E-state index contributed by atoms with van der Waals surface area (Å²) < 4.78 is 9.66. The standard InChI is InChI=1S/C20H19N5O3/c1-27-18(22)16-17(21)23-11-24-19(16)25-15-9-7-13(8-10-15)12-3-5-14(6-4-12)20(26)28-2/h3-11,22H,1-2H3,(H3,21,23,24,25). The fourth-order valence-corrected chi connectivity index (χ4v) is 2.62. The summed E-state index contributed by atoms with van der Waals surface area (Å²) in [7, 11) is 2.74. The van der Waals surface area contributed by atoms with Gasteiger partial charge in [0, 0.05) is 5.69 Å². The number of nitrogens with zero attached hydrogens (tertiary/aromatic N) is 2. The molecule has 4 N–H and O–H groups in total. The Hall–Kier alpha value is -3.94. The van der Waals surface area contributed by atoms with E-state index in [9.17, 15) is 4.79 Å². The van der Waals surface area contributed by atoms with Crippen molar-refractivity contribution in [1.29, 1.82) is 5.41 Å². The number of rotatable bonds is 5. The zero-order valence-electron chi connectivity index (χ0n) is 15.4. The first-order chi connectivity index (χ1) is 13.5. The Bertz CT molecular complexity index is 1000. The predicted octanol–water partition coefficient (Wildman–Crippen LogP) is 3.23. The molecular weight excluding hydrogens is 358 g/mol. The molecule has 8 nitrogen and oxygen atoms in total. The first-order valence-corrected chi connectivity index (χ1v) is 8.32. The fraction of sp³-hybridized carbons (Fsp3) is 0.100. The van der Waals surface area contributed by atoms with Crippen LogP contribution in [0.4, 0.5) is 17.3 Å². The summed E-state index contributed by atoms with van der Waals surface area (Å²) in [5.41, 5.74) is 9.36. The number of nitrogen functional groups attached to an aromatic ring is 1. The van der Waals surface area contributed by atoms with E-state index in [-0.39, 0.29) is 17.7 Å². The number of aromatic nitrogens is 2. The van der Waals surface area contributed by atoms with Crippen molar-refractivity contribution in [3.8, 4) is 11.1 Å². The number of carbonyl (C=O) groups excluding carboxylic acids is 1. The number of nitrogens with two attached hydrogens (primary N) is 1. The van der Waals surface area contributed by atoms with Crippen molar-refractivity contribution in [2.45, 2.75) is 0 Å². The van der Waals surface area contributed by atoms with Crippen molar-refractivity contribution < 1.29 is 14.3 Å². The van der Waals surface area contributed by atoms with Gasteiger partial charge >= 0.3 is 5.97 Å². The largest absolute Gasteiger partial charge is 0.481 e. The van der Waals surface area contributed by atoms with Gasteiger partial charge in [0.25, 0.3) is 0 Å². The minimum atomic E-state index is -0.368. The molecule has 0 saturated carbocycles. The molecule has 0 aliphatic carbocycles. The lowest BCUT2D eigenvalue weighted by Gasteiger charge is -2.12. The minimum absolute atomic E-state index is 0.122. The molecule has 2 aromatic carbocycles. The van der Waals surface area contributed by atoms with Crippen LogP contribution in [0.5, 0.6) is 0 Å². The summed E-state index contributed by atoms with van der Waals surface area (Å²) in [6, 6.07) is 14.8. The van der Waals surface area contributed by atoms with Crippen molar-refractivity contribution in [3.05, 3.63) is 66.0 Å². The van der Waals surface area contributed by atoms with Crippen LogP contribution in [-0.2, 0) is 9.47 Å². The molecule has 142 valence electrons. The molecule has 1 aromatic heterocycles. The molecular formula is C20H19N5O3. The lowest BCUT2D eigenvalue weighted by molar-refractivity contribution is 0.0601. The van der Waals surface area contributed by atoms with Crippen LogP contribution >= 0.6 is 0 Å². The van der Waals surface area contributed by atoms with Crippen LogP contribution in [0, 0.1) is 5.41 Å². The van der Waals surface area contributed by atoms with Crippen LogP contribution in [0.15, 0.2) is 54.9 Å². The Morgan fingerprint density at radius 1 is 0.964 bits per heavy atom. The number of nitrogens with one attached hydrogen (secondary N) is 2. The van der Waals surface area contributed by atoms with Gasteiger partial charge in [-0.05, 0) is 35.4 Å². The van der Waals surface area contributed by atoms with E-state index < -0.39 is 0 Å². The summed E-state index contributed by atoms with van der Waals surface area (Å²) in [4.78, 5) is 19.6. The molecule has 8 heteroatoms. The van der Waals surface area contributed by atoms with Gasteiger partial charge in [0.2, 0.25) is 5.90 Å². The Morgan fingerprint density at radius 3 is 2.14 bits per heavy atom. The average molecular weight is 377 g/mol. The number of methoxy groups -OCH3 is 2. The molecule has 0 atom stereocenters. The molecule has 0 radical (unpaired) electrons. The maximum atomic E-state index is 11.5. The second kappa shape index (κ2) is 8.17. The van der Waals surface area contributed by atoms with Crippen LogP contribution in [0.25, 0.3) is 11.1 Å². The third-order valence-electron chi connectivity index (χ3n) is 4.09. The zero-order chi connectivity index (χ0) is 20.1. The number of carbonyl (C=O) groups is 1. The van der Waals surface area contributed by atoms with Gasteiger partial charge in [-0.25, -0.2) is 14.8 Å². The predicted molar refractivity (Wildman–Crippen MR) is 107 cm³/mol. The number of esters is 1. The molecule has 28 heavy (non-hydrogen) atoms. The smallest absolute Gasteiger partial charge is 0.337 e. The van der Waals surface area contributed by atoms with Crippen LogP contribution in [0.3, 0.4) is 0 Å². The highest BCUT2D eigenvalue weighted by molar-refractivity contribution is 6.01. The van der Waals surface area contributed by atoms with Crippen molar-refractivity contribution in [3.63, 3.8) is 0 Å². The third-order valence-corrected chi connectivity index (χ3v) is 4.09. The van der Waals surface area contributed by atoms with Crippen molar-refractivity contribution in [2.75, 3.05) is 25.3 Å². The summed E-state index contributed by atoms with van der Waals surface area (Å²) in [6.45, 7) is 0. The van der Waals surface area contributed by atoms with Crippen LogP contribution < -0.4 is 11.1 Å². The van der Waals surface area contributed by atoms with E-state index >= 15 is 0 Å². The van der Waals surface area contributed by atoms with E-state index in [1.807, 2.05) is 36.4 Å². The second-order valence-electron chi connectivity index (χ2n) is 5.79. The molecule has 0 aliphatic heterocycles. The Labute approximate surface area is 161 Å². The highest BCUT2D eigenvalue weighted by Crippen LogP contribution is 2.26. The van der Waals surface area contributed by atoms with Gasteiger partial charge < -0.3 is 20.5 Å². The molecule has 1 heterocycles. The van der Waals surface area contributed by atoms with Crippen LogP contribution in [0.1, 0.15) is 15.9 Å². The average Bonchev–Trinajstić information content (AvgIpc) is 2.73. The number of hydrogen-bond donors (Lipinski definition) is 3. The molecule has 0 fully saturated rings. The molecule has 0 spiro atoms. The number of hydrogen-bond acceptors (Lipinski definition) is 8. The molecule has 3 aromatic rings. The first kappa shape index (κ1) is 18.8. The van der Waals surface area contributed by atoms with Crippen molar-refractivity contribution in [1.82, 2.24) is 9.97 Å². The summed E-state index contributed by atoms with van der Waals surface area (Å²) in [5.74, 6) is 0.0526. The highest BCUT2D eigenvalue weighted by atomic mass is 16.5. The van der Waals surface area contributed by atoms with Gasteiger partial charge in [0.15, 0.2) is 0 Å². The normalized spacial score (nSPS) is 10.2. The Morgan fingerprint density at radius 2 is 1.57 bits per heavy atom. The summed E-state index contributed by atoms with van der Waals surface area (Å²) in [6.07, 6.45) is 1.32. The lowest BCUT2D eigenvalue weighted by Crippen LogP contribution is -2.12. The molecule has 0 unspecified atom stereocenters. The van der Waals surface area contributed by atoms with E-state index in [1.165, 1.54) is 20.5 Å². The topological polar surface area (TPSA) is 123 Å². The second-order valence-corrected chi connectivity index (χ2v) is 5.79. The molecule has 0 saturated heterocycles. The van der Waals surface area contributed by atoms with Gasteiger partial charge in [-0.15, -0.1) is 0 Å². The third kappa shape index (κ3) is 3.90. The van der Waals surface area contributed by atoms with Crippen molar-refractivity contribution >= 4 is 29.2 Å². The zero-order valence-corrected chi connectivity index (χ0v) is 15.4. The molecule has 0 amide bonds. The van der Waals surface area contributed by atoms with E-state index in [0.29, 0.717) is 16.9 Å². The van der Waals surface area contributed by atoms with E-state index in [2.05, 4.69) is 15.3 Å². The number of ether oxygens (including phenoxy) is 2. The monoisotopic (exact) mass is 377 g/mol. The Balaban J connectivity index is 1.82. The van der Waals surface area contributed by atoms with Crippen molar-refractivity contribution in [2.24, 2.45) is 0 Å². The molecule has 0 bridgehead atoms. The SMILES string of the molecule is COC(=N)c1c(N)ncnc1Nc1ccc(-c2ccc(C(=O)OC)cc2)cc1. The van der Waals surface area contributed by atoms with Gasteiger partial charge in [-0.3, -0.25) is 5.41 Å². The fourth-order valence-electron chi connectivity index (χ4n) is 2.62. The summed E-state index contributed by atoms with van der Waals surface area (Å²) >= 11 is 0. The van der Waals surface area contributed by atoms with Gasteiger partial charge in [0.05, 0.1) is 19.8 Å². The Kier molecular flexibility index (Phi) is 5.50. The van der Waals surface area contributed by atoms with Crippen LogP contribution in [0.2, 0.25) is 0 Å². The number of anilines is 3. The van der Waals surface area contributed by atoms with Gasteiger partial charge in [-0.1, -0.05) is 24.3 Å². The van der Waals surface area contributed by atoms with Crippen LogP contribution in [-0.4, -0.2) is 36.1 Å². The first-order valence-electron chi connectivity index (χ1n) is 8.32. The minimum Gasteiger partial charge on any atom is -0.481 e. The lowest BCUT2D eigenvalue weighted by atomic mass is 10.0. The molecule has 3 rings (SSSR count). The quantitative estimate of drug-likeness (QED) is 0.354. The molecule has 0 aliphatic rings. The highest BCUT2D eigenvalue weighted by Gasteiger charge is 2.15. The van der Waals surface area contributed by atoms with Gasteiger partial charge in [0.1, 0.15) is 23.5 Å².